The molecule has 1 aromatic rings. The van der Waals surface area contributed by atoms with Crippen molar-refractivity contribution in [2.24, 2.45) is 0 Å². The van der Waals surface area contributed by atoms with Crippen molar-refractivity contribution < 1.29 is 4.79 Å². The Hall–Kier alpha value is -1.07. The predicted octanol–water partition coefficient (Wildman–Crippen LogP) is 4.82. The number of nitrogens with zero attached hydrogens (tertiary/aromatic N) is 1. The molecule has 0 spiro atoms. The van der Waals surface area contributed by atoms with Crippen molar-refractivity contribution in [2.45, 2.75) is 39.5 Å². The SMILES string of the molecule is CCCCSC(SCCCC)=C1CN(c2ccccc2)NC1=O. The van der Waals surface area contributed by atoms with Gasteiger partial charge in [0.1, 0.15) is 0 Å². The van der Waals surface area contributed by atoms with Gasteiger partial charge in [-0.05, 0) is 36.5 Å². The van der Waals surface area contributed by atoms with Crippen LogP contribution in [0.15, 0.2) is 40.1 Å². The Morgan fingerprint density at radius 2 is 1.70 bits per heavy atom. The fraction of sp³-hybridized carbons (Fsp3) is 0.500. The third-order valence-electron chi connectivity index (χ3n) is 3.60. The number of amides is 1. The predicted molar refractivity (Wildman–Crippen MR) is 104 cm³/mol. The maximum Gasteiger partial charge on any atom is 0.269 e. The molecule has 1 fully saturated rings. The summed E-state index contributed by atoms with van der Waals surface area (Å²) in [4.78, 5) is 12.4. The van der Waals surface area contributed by atoms with E-state index in [1.54, 1.807) is 0 Å². The van der Waals surface area contributed by atoms with Crippen molar-refractivity contribution >= 4 is 35.1 Å². The van der Waals surface area contributed by atoms with Gasteiger partial charge in [-0.25, -0.2) is 0 Å². The number of carbonyl (C=O) groups excluding carboxylic acids is 1. The molecule has 0 bridgehead atoms. The summed E-state index contributed by atoms with van der Waals surface area (Å²) in [6, 6.07) is 10.0. The highest BCUT2D eigenvalue weighted by Crippen LogP contribution is 2.35. The molecule has 2 rings (SSSR count). The normalized spacial score (nSPS) is 14.3. The van der Waals surface area contributed by atoms with Crippen LogP contribution in [0.25, 0.3) is 0 Å². The second-order valence-electron chi connectivity index (χ2n) is 5.53. The van der Waals surface area contributed by atoms with Gasteiger partial charge in [-0.15, -0.1) is 23.5 Å². The fourth-order valence-corrected chi connectivity index (χ4v) is 4.95. The fourth-order valence-electron chi connectivity index (χ4n) is 2.21. The Balaban J connectivity index is 2.10. The molecule has 0 aliphatic carbocycles. The first kappa shape index (κ1) is 18.3. The topological polar surface area (TPSA) is 32.3 Å². The van der Waals surface area contributed by atoms with Crippen LogP contribution in [0.4, 0.5) is 5.69 Å². The lowest BCUT2D eigenvalue weighted by Gasteiger charge is -2.16. The Kier molecular flexibility index (Phi) is 7.89. The minimum atomic E-state index is 0.0526. The summed E-state index contributed by atoms with van der Waals surface area (Å²) in [6.07, 6.45) is 4.77. The number of benzene rings is 1. The summed E-state index contributed by atoms with van der Waals surface area (Å²) in [5, 5.41) is 1.94. The number of thioether (sulfide) groups is 2. The zero-order valence-corrected chi connectivity index (χ0v) is 15.6. The Labute approximate surface area is 148 Å². The van der Waals surface area contributed by atoms with Crippen LogP contribution < -0.4 is 10.4 Å². The Bertz CT molecular complexity index is 519. The molecule has 1 aliphatic heterocycles. The van der Waals surface area contributed by atoms with Crippen molar-refractivity contribution in [1.29, 1.82) is 0 Å². The van der Waals surface area contributed by atoms with E-state index >= 15 is 0 Å². The number of anilines is 1. The number of hydrazine groups is 1. The van der Waals surface area contributed by atoms with Crippen LogP contribution in [-0.2, 0) is 4.79 Å². The molecule has 5 heteroatoms. The number of carbonyl (C=O) groups is 1. The second-order valence-corrected chi connectivity index (χ2v) is 8.00. The minimum absolute atomic E-state index is 0.0526. The van der Waals surface area contributed by atoms with E-state index in [4.69, 9.17) is 0 Å². The summed E-state index contributed by atoms with van der Waals surface area (Å²) in [7, 11) is 0. The van der Waals surface area contributed by atoms with Crippen molar-refractivity contribution in [3.05, 3.63) is 40.1 Å². The van der Waals surface area contributed by atoms with Gasteiger partial charge in [0.05, 0.1) is 22.0 Å². The van der Waals surface area contributed by atoms with Crippen LogP contribution in [0.5, 0.6) is 0 Å². The molecule has 0 aromatic heterocycles. The zero-order valence-electron chi connectivity index (χ0n) is 14.0. The molecule has 1 heterocycles. The molecule has 126 valence electrons. The van der Waals surface area contributed by atoms with E-state index in [0.29, 0.717) is 6.54 Å². The zero-order chi connectivity index (χ0) is 16.5. The molecule has 1 amide bonds. The third kappa shape index (κ3) is 5.50. The molecule has 1 N–H and O–H groups in total. The average molecular weight is 351 g/mol. The van der Waals surface area contributed by atoms with Crippen molar-refractivity contribution in [3.63, 3.8) is 0 Å². The lowest BCUT2D eigenvalue weighted by Crippen LogP contribution is -2.32. The molecule has 0 atom stereocenters. The van der Waals surface area contributed by atoms with Crippen LogP contribution in [0.1, 0.15) is 39.5 Å². The largest absolute Gasteiger partial charge is 0.281 e. The van der Waals surface area contributed by atoms with E-state index in [1.807, 2.05) is 58.9 Å². The molecular weight excluding hydrogens is 324 g/mol. The van der Waals surface area contributed by atoms with Gasteiger partial charge >= 0.3 is 0 Å². The van der Waals surface area contributed by atoms with E-state index in [9.17, 15) is 4.79 Å². The number of unbranched alkanes of at least 4 members (excludes halogenated alkanes) is 2. The standard InChI is InChI=1S/C18H26N2OS2/c1-3-5-12-22-18(23-13-6-4-2)16-14-20(19-17(16)21)15-10-8-7-9-11-15/h7-11H,3-6,12-14H2,1-2H3,(H,19,21). The number of hydrogen-bond donors (Lipinski definition) is 1. The molecule has 1 aromatic carbocycles. The van der Waals surface area contributed by atoms with Crippen LogP contribution >= 0.6 is 23.5 Å². The molecule has 0 saturated carbocycles. The van der Waals surface area contributed by atoms with Gasteiger partial charge in [0, 0.05) is 0 Å². The van der Waals surface area contributed by atoms with E-state index < -0.39 is 0 Å². The average Bonchev–Trinajstić information content (AvgIpc) is 2.96. The van der Waals surface area contributed by atoms with Crippen molar-refractivity contribution in [2.75, 3.05) is 23.1 Å². The monoisotopic (exact) mass is 350 g/mol. The Morgan fingerprint density at radius 1 is 1.09 bits per heavy atom. The number of hydrogen-bond acceptors (Lipinski definition) is 4. The van der Waals surface area contributed by atoms with Gasteiger partial charge in [0.25, 0.3) is 5.91 Å². The molecule has 23 heavy (non-hydrogen) atoms. The van der Waals surface area contributed by atoms with Crippen LogP contribution in [0.3, 0.4) is 0 Å². The third-order valence-corrected chi connectivity index (χ3v) is 6.31. The maximum absolute atomic E-state index is 12.4. The number of para-hydroxylation sites is 1. The van der Waals surface area contributed by atoms with Gasteiger partial charge < -0.3 is 0 Å². The summed E-state index contributed by atoms with van der Waals surface area (Å²) >= 11 is 3.70. The van der Waals surface area contributed by atoms with Gasteiger partial charge in [-0.3, -0.25) is 15.2 Å². The van der Waals surface area contributed by atoms with Gasteiger partial charge in [-0.1, -0.05) is 44.9 Å². The van der Waals surface area contributed by atoms with Crippen molar-refractivity contribution in [1.82, 2.24) is 5.43 Å². The smallest absolute Gasteiger partial charge is 0.269 e. The summed E-state index contributed by atoms with van der Waals surface area (Å²) in [5.41, 5.74) is 4.95. The quantitative estimate of drug-likeness (QED) is 0.511. The maximum atomic E-state index is 12.4. The summed E-state index contributed by atoms with van der Waals surface area (Å²) in [6.45, 7) is 5.06. The first-order valence-corrected chi connectivity index (χ1v) is 10.4. The van der Waals surface area contributed by atoms with E-state index in [1.165, 1.54) is 29.9 Å². The Morgan fingerprint density at radius 3 is 2.26 bits per heavy atom. The highest BCUT2D eigenvalue weighted by Gasteiger charge is 2.28. The molecule has 1 aliphatic rings. The summed E-state index contributed by atoms with van der Waals surface area (Å²) < 4.78 is 1.21. The highest BCUT2D eigenvalue weighted by atomic mass is 32.2. The lowest BCUT2D eigenvalue weighted by molar-refractivity contribution is -0.116. The molecule has 0 unspecified atom stereocenters. The van der Waals surface area contributed by atoms with Crippen LogP contribution in [0.2, 0.25) is 0 Å². The minimum Gasteiger partial charge on any atom is -0.281 e. The van der Waals surface area contributed by atoms with Gasteiger partial charge in [0.2, 0.25) is 0 Å². The lowest BCUT2D eigenvalue weighted by atomic mass is 10.3. The molecular formula is C18H26N2OS2. The molecule has 0 radical (unpaired) electrons. The first-order chi connectivity index (χ1) is 11.3. The molecule has 3 nitrogen and oxygen atoms in total. The highest BCUT2D eigenvalue weighted by molar-refractivity contribution is 8.22. The van der Waals surface area contributed by atoms with Crippen LogP contribution in [-0.4, -0.2) is 24.0 Å². The van der Waals surface area contributed by atoms with Gasteiger partial charge in [-0.2, -0.15) is 0 Å². The van der Waals surface area contributed by atoms with E-state index in [-0.39, 0.29) is 5.91 Å². The van der Waals surface area contributed by atoms with E-state index in [0.717, 1.165) is 22.8 Å². The van der Waals surface area contributed by atoms with E-state index in [2.05, 4.69) is 19.3 Å². The van der Waals surface area contributed by atoms with Crippen molar-refractivity contribution in [3.8, 4) is 0 Å². The van der Waals surface area contributed by atoms with Gasteiger partial charge in [0.15, 0.2) is 0 Å². The summed E-state index contributed by atoms with van der Waals surface area (Å²) in [5.74, 6) is 2.23. The second kappa shape index (κ2) is 9.93. The number of rotatable bonds is 9. The van der Waals surface area contributed by atoms with Crippen LogP contribution in [0, 0.1) is 0 Å². The molecule has 1 saturated heterocycles. The number of nitrogens with one attached hydrogen (secondary N) is 1. The first-order valence-electron chi connectivity index (χ1n) is 8.38.